The second kappa shape index (κ2) is 6.38. The molecule has 0 aromatic heterocycles. The van der Waals surface area contributed by atoms with Crippen molar-refractivity contribution in [3.8, 4) is 0 Å². The quantitative estimate of drug-likeness (QED) is 0.735. The van der Waals surface area contributed by atoms with Gasteiger partial charge in [-0.1, -0.05) is 0 Å². The Morgan fingerprint density at radius 2 is 1.62 bits per heavy atom. The monoisotopic (exact) mass is 312 g/mol. The van der Waals surface area contributed by atoms with Crippen LogP contribution in [0.3, 0.4) is 0 Å². The van der Waals surface area contributed by atoms with Gasteiger partial charge in [0.1, 0.15) is 0 Å². The maximum absolute atomic E-state index is 2.78. The van der Waals surface area contributed by atoms with Crippen molar-refractivity contribution in [1.29, 1.82) is 0 Å². The van der Waals surface area contributed by atoms with E-state index < -0.39 is 0 Å². The Balaban J connectivity index is 1.37. The maximum Gasteiger partial charge on any atom is 0.0895 e. The Labute approximate surface area is 135 Å². The molecule has 0 aromatic rings. The van der Waals surface area contributed by atoms with Gasteiger partial charge in [0.2, 0.25) is 0 Å². The van der Waals surface area contributed by atoms with Gasteiger partial charge in [-0.25, -0.2) is 0 Å². The summed E-state index contributed by atoms with van der Waals surface area (Å²) in [6.07, 6.45) is 7.98. The van der Waals surface area contributed by atoms with E-state index in [0.29, 0.717) is 0 Å². The van der Waals surface area contributed by atoms with Crippen LogP contribution in [-0.2, 0) is 0 Å². The standard InChI is InChI=1S/C17H34N3S/c1-20(2)13-17(14-20)6-10-18(11-7-17)12-16-4-8-19(9-5-16)15-21-3/h16H,4-15H2,1-3H3/q+1. The van der Waals surface area contributed by atoms with Crippen molar-refractivity contribution >= 4 is 11.8 Å². The van der Waals surface area contributed by atoms with E-state index in [9.17, 15) is 0 Å². The van der Waals surface area contributed by atoms with Gasteiger partial charge in [-0.2, -0.15) is 0 Å². The Morgan fingerprint density at radius 1 is 1.00 bits per heavy atom. The van der Waals surface area contributed by atoms with Gasteiger partial charge < -0.3 is 9.38 Å². The summed E-state index contributed by atoms with van der Waals surface area (Å²) >= 11 is 1.97. The first kappa shape index (κ1) is 16.1. The number of hydrogen-bond acceptors (Lipinski definition) is 3. The Kier molecular flexibility index (Phi) is 4.90. The number of likely N-dealkylation sites (tertiary alicyclic amines) is 3. The first-order valence-corrected chi connectivity index (χ1v) is 10.2. The molecule has 3 fully saturated rings. The lowest BCUT2D eigenvalue weighted by Crippen LogP contribution is -2.67. The molecule has 3 nitrogen and oxygen atoms in total. The molecule has 4 heteroatoms. The molecule has 3 aliphatic heterocycles. The molecule has 3 saturated heterocycles. The average molecular weight is 313 g/mol. The second-order valence-electron chi connectivity index (χ2n) is 8.53. The molecule has 0 amide bonds. The zero-order valence-electron chi connectivity index (χ0n) is 14.3. The summed E-state index contributed by atoms with van der Waals surface area (Å²) in [5, 5.41) is 0. The fourth-order valence-corrected chi connectivity index (χ4v) is 5.77. The van der Waals surface area contributed by atoms with Crippen molar-refractivity contribution in [1.82, 2.24) is 9.80 Å². The molecule has 0 radical (unpaired) electrons. The lowest BCUT2D eigenvalue weighted by Gasteiger charge is -2.56. The minimum Gasteiger partial charge on any atom is -0.327 e. The van der Waals surface area contributed by atoms with E-state index in [2.05, 4.69) is 30.2 Å². The van der Waals surface area contributed by atoms with Crippen LogP contribution >= 0.6 is 11.8 Å². The highest BCUT2D eigenvalue weighted by Crippen LogP contribution is 2.43. The van der Waals surface area contributed by atoms with Crippen molar-refractivity contribution in [2.45, 2.75) is 25.7 Å². The summed E-state index contributed by atoms with van der Waals surface area (Å²) in [6.45, 7) is 9.61. The number of thioether (sulfide) groups is 1. The van der Waals surface area contributed by atoms with Gasteiger partial charge in [0.15, 0.2) is 0 Å². The number of quaternary nitrogens is 1. The van der Waals surface area contributed by atoms with E-state index in [1.165, 1.54) is 81.9 Å². The van der Waals surface area contributed by atoms with Crippen molar-refractivity contribution in [3.05, 3.63) is 0 Å². The molecule has 0 aromatic carbocycles. The SMILES string of the molecule is CSCN1CCC(CN2CCC3(CC2)C[N+](C)(C)C3)CC1. The largest absolute Gasteiger partial charge is 0.327 e. The number of hydrogen-bond donors (Lipinski definition) is 0. The van der Waals surface area contributed by atoms with Crippen LogP contribution in [0, 0.1) is 11.3 Å². The van der Waals surface area contributed by atoms with Gasteiger partial charge in [-0.15, -0.1) is 11.8 Å². The Hall–Kier alpha value is 0.230. The zero-order chi connectivity index (χ0) is 14.9. The van der Waals surface area contributed by atoms with E-state index in [-0.39, 0.29) is 0 Å². The lowest BCUT2D eigenvalue weighted by atomic mass is 9.70. The van der Waals surface area contributed by atoms with Crippen LogP contribution in [0.1, 0.15) is 25.7 Å². The Bertz CT molecular complexity index is 332. The van der Waals surface area contributed by atoms with Crippen LogP contribution in [0.4, 0.5) is 0 Å². The topological polar surface area (TPSA) is 6.48 Å². The summed E-state index contributed by atoms with van der Waals surface area (Å²) in [6, 6.07) is 0. The van der Waals surface area contributed by atoms with Gasteiger partial charge in [0.05, 0.1) is 32.6 Å². The highest BCUT2D eigenvalue weighted by atomic mass is 32.2. The Morgan fingerprint density at radius 3 is 2.14 bits per heavy atom. The summed E-state index contributed by atoms with van der Waals surface area (Å²) in [5.74, 6) is 2.19. The smallest absolute Gasteiger partial charge is 0.0895 e. The number of nitrogens with zero attached hydrogens (tertiary/aromatic N) is 3. The third kappa shape index (κ3) is 3.95. The van der Waals surface area contributed by atoms with Crippen molar-refractivity contribution in [2.75, 3.05) is 72.0 Å². The third-order valence-electron chi connectivity index (χ3n) is 5.98. The molecule has 3 rings (SSSR count). The van der Waals surface area contributed by atoms with Crippen molar-refractivity contribution < 1.29 is 4.48 Å². The van der Waals surface area contributed by atoms with E-state index in [1.54, 1.807) is 0 Å². The highest BCUT2D eigenvalue weighted by molar-refractivity contribution is 7.98. The molecule has 0 saturated carbocycles. The summed E-state index contributed by atoms with van der Waals surface area (Å²) < 4.78 is 1.26. The van der Waals surface area contributed by atoms with E-state index in [1.807, 2.05) is 11.8 Å². The number of rotatable bonds is 4. The lowest BCUT2D eigenvalue weighted by molar-refractivity contribution is -0.951. The van der Waals surface area contributed by atoms with Crippen LogP contribution in [0.15, 0.2) is 0 Å². The van der Waals surface area contributed by atoms with Crippen molar-refractivity contribution in [3.63, 3.8) is 0 Å². The summed E-state index contributed by atoms with van der Waals surface area (Å²) in [5.41, 5.74) is 0.724. The molecule has 122 valence electrons. The molecular weight excluding hydrogens is 278 g/mol. The van der Waals surface area contributed by atoms with Gasteiger partial charge in [0.25, 0.3) is 0 Å². The first-order chi connectivity index (χ1) is 10.0. The van der Waals surface area contributed by atoms with E-state index in [0.717, 1.165) is 11.3 Å². The predicted octanol–water partition coefficient (Wildman–Crippen LogP) is 2.19. The molecule has 1 spiro atoms. The fraction of sp³-hybridized carbons (Fsp3) is 1.00. The average Bonchev–Trinajstić information content (AvgIpc) is 2.42. The van der Waals surface area contributed by atoms with Gasteiger partial charge in [-0.3, -0.25) is 4.90 Å². The molecule has 3 heterocycles. The normalized spacial score (nSPS) is 30.4. The second-order valence-corrected chi connectivity index (χ2v) is 9.37. The predicted molar refractivity (Wildman–Crippen MR) is 92.6 cm³/mol. The van der Waals surface area contributed by atoms with Gasteiger partial charge >= 0.3 is 0 Å². The molecule has 21 heavy (non-hydrogen) atoms. The van der Waals surface area contributed by atoms with Crippen LogP contribution in [0.2, 0.25) is 0 Å². The molecular formula is C17H34N3S+. The maximum atomic E-state index is 2.78. The van der Waals surface area contributed by atoms with Crippen LogP contribution in [0.25, 0.3) is 0 Å². The van der Waals surface area contributed by atoms with E-state index in [4.69, 9.17) is 0 Å². The highest BCUT2D eigenvalue weighted by Gasteiger charge is 2.52. The van der Waals surface area contributed by atoms with E-state index >= 15 is 0 Å². The molecule has 0 aliphatic carbocycles. The fourth-order valence-electron chi connectivity index (χ4n) is 5.14. The molecule has 3 aliphatic rings. The third-order valence-corrected chi connectivity index (χ3v) is 6.60. The minimum absolute atomic E-state index is 0.724. The summed E-state index contributed by atoms with van der Waals surface area (Å²) in [4.78, 5) is 5.40. The molecule has 0 unspecified atom stereocenters. The number of piperidine rings is 2. The van der Waals surface area contributed by atoms with Crippen molar-refractivity contribution in [2.24, 2.45) is 11.3 Å². The molecule has 0 bridgehead atoms. The minimum atomic E-state index is 0.724. The van der Waals surface area contributed by atoms with Gasteiger partial charge in [-0.05, 0) is 64.0 Å². The summed E-state index contributed by atoms with van der Waals surface area (Å²) in [7, 11) is 4.78. The van der Waals surface area contributed by atoms with Crippen LogP contribution < -0.4 is 0 Å². The molecule has 0 atom stereocenters. The molecule has 0 N–H and O–H groups in total. The zero-order valence-corrected chi connectivity index (χ0v) is 15.1. The first-order valence-electron chi connectivity index (χ1n) is 8.76. The van der Waals surface area contributed by atoms with Crippen LogP contribution in [-0.4, -0.2) is 86.3 Å². The van der Waals surface area contributed by atoms with Gasteiger partial charge in [0, 0.05) is 12.4 Å². The van der Waals surface area contributed by atoms with Crippen LogP contribution in [0.5, 0.6) is 0 Å².